The maximum Gasteiger partial charge on any atom is 0.256 e. The number of β-amino-alcohol motifs (C(OH)–C–C–N with tert-alkyl or cyclic N) is 2. The predicted octanol–water partition coefficient (Wildman–Crippen LogP) is 3.44. The van der Waals surface area contributed by atoms with Crippen LogP contribution in [0.25, 0.3) is 0 Å². The number of anilines is 2. The molecule has 3 N–H and O–H groups in total. The third-order valence-electron chi connectivity index (χ3n) is 5.73. The summed E-state index contributed by atoms with van der Waals surface area (Å²) >= 11 is 0. The summed E-state index contributed by atoms with van der Waals surface area (Å²) in [5.41, 5.74) is -1.17. The van der Waals surface area contributed by atoms with Gasteiger partial charge in [-0.25, -0.2) is 13.2 Å². The van der Waals surface area contributed by atoms with Crippen molar-refractivity contribution >= 4 is 17.3 Å². The molecule has 9 heteroatoms. The third-order valence-corrected chi connectivity index (χ3v) is 5.73. The smallest absolute Gasteiger partial charge is 0.256 e. The van der Waals surface area contributed by atoms with Crippen LogP contribution in [0.5, 0.6) is 0 Å². The molecule has 2 heterocycles. The normalized spacial score (nSPS) is 19.5. The number of aliphatic hydroxyl groups is 2. The summed E-state index contributed by atoms with van der Waals surface area (Å²) in [6, 6.07) is 6.22. The van der Waals surface area contributed by atoms with Gasteiger partial charge < -0.3 is 20.4 Å². The van der Waals surface area contributed by atoms with Crippen molar-refractivity contribution in [3.63, 3.8) is 0 Å². The van der Waals surface area contributed by atoms with Gasteiger partial charge in [-0.15, -0.1) is 0 Å². The van der Waals surface area contributed by atoms with Crippen molar-refractivity contribution in [1.82, 2.24) is 9.80 Å². The number of nitrogens with zero attached hydrogens (tertiary/aromatic N) is 2. The summed E-state index contributed by atoms with van der Waals surface area (Å²) in [7, 11) is 0. The minimum Gasteiger partial charge on any atom is -0.392 e. The van der Waals surface area contributed by atoms with E-state index in [1.807, 2.05) is 18.7 Å². The molecular weight excluding hydrogens is 435 g/mol. The molecule has 4 rings (SSSR count). The van der Waals surface area contributed by atoms with E-state index < -0.39 is 40.8 Å². The molecule has 2 aliphatic rings. The van der Waals surface area contributed by atoms with Gasteiger partial charge in [0.1, 0.15) is 11.4 Å². The van der Waals surface area contributed by atoms with Gasteiger partial charge in [-0.2, -0.15) is 0 Å². The van der Waals surface area contributed by atoms with Crippen molar-refractivity contribution in [2.45, 2.75) is 38.9 Å². The highest BCUT2D eigenvalue weighted by Gasteiger charge is 2.46. The van der Waals surface area contributed by atoms with Crippen molar-refractivity contribution in [2.24, 2.45) is 0 Å². The summed E-state index contributed by atoms with van der Waals surface area (Å²) in [5, 5.41) is 22.8. The molecule has 2 aliphatic heterocycles. The largest absolute Gasteiger partial charge is 0.392 e. The Labute approximate surface area is 191 Å². The Bertz CT molecular complexity index is 1010. The maximum atomic E-state index is 14.6. The average Bonchev–Trinajstić information content (AvgIpc) is 3.16. The summed E-state index contributed by atoms with van der Waals surface area (Å²) in [6.45, 7) is 7.18. The number of carbonyl (C=O) groups excluding carboxylic acids is 1. The van der Waals surface area contributed by atoms with Crippen LogP contribution >= 0.6 is 0 Å². The molecule has 0 aliphatic carbocycles. The first-order valence-electron chi connectivity index (χ1n) is 11.1. The van der Waals surface area contributed by atoms with E-state index in [0.717, 1.165) is 12.1 Å². The summed E-state index contributed by atoms with van der Waals surface area (Å²) in [6.07, 6.45) is 0.220. The minimum absolute atomic E-state index is 0.0236. The van der Waals surface area contributed by atoms with Gasteiger partial charge in [0.2, 0.25) is 0 Å². The minimum atomic E-state index is -1.28. The maximum absolute atomic E-state index is 14.6. The van der Waals surface area contributed by atoms with E-state index in [2.05, 4.69) is 5.32 Å². The van der Waals surface area contributed by atoms with Gasteiger partial charge in [0.05, 0.1) is 36.1 Å². The van der Waals surface area contributed by atoms with Gasteiger partial charge in [-0.05, 0) is 43.2 Å². The zero-order valence-corrected chi connectivity index (χ0v) is 19.0. The molecule has 1 unspecified atom stereocenters. The van der Waals surface area contributed by atoms with E-state index in [1.54, 1.807) is 13.0 Å². The number of halogens is 3. The van der Waals surface area contributed by atoms with Crippen molar-refractivity contribution in [3.8, 4) is 0 Å². The van der Waals surface area contributed by atoms with E-state index in [1.165, 1.54) is 17.0 Å². The molecule has 0 radical (unpaired) electrons. The van der Waals surface area contributed by atoms with Crippen LogP contribution in [-0.2, 0) is 0 Å². The number of likely N-dealkylation sites (tertiary alicyclic amines) is 2. The number of hydrogen-bond acceptors (Lipinski definition) is 5. The van der Waals surface area contributed by atoms with Gasteiger partial charge in [-0.3, -0.25) is 9.69 Å². The molecule has 6 nitrogen and oxygen atoms in total. The Hall–Kier alpha value is -2.62. The van der Waals surface area contributed by atoms with Crippen molar-refractivity contribution in [2.75, 3.05) is 38.0 Å². The fourth-order valence-corrected chi connectivity index (χ4v) is 4.16. The van der Waals surface area contributed by atoms with Crippen molar-refractivity contribution in [3.05, 3.63) is 58.9 Å². The SMILES string of the molecule is CC.Cc1ccc(Nc2c(C(=O)N3CC(O)(CN4CCC(O)C4)C3)ccc(F)c2F)c(F)c1. The molecule has 0 spiro atoms. The summed E-state index contributed by atoms with van der Waals surface area (Å²) in [4.78, 5) is 16.2. The van der Waals surface area contributed by atoms with E-state index in [-0.39, 0.29) is 24.3 Å². The lowest BCUT2D eigenvalue weighted by molar-refractivity contribution is -0.0958. The zero-order chi connectivity index (χ0) is 24.3. The Morgan fingerprint density at radius 1 is 1.15 bits per heavy atom. The number of nitrogens with one attached hydrogen (secondary N) is 1. The second kappa shape index (κ2) is 10.1. The second-order valence-corrected chi connectivity index (χ2v) is 8.46. The second-order valence-electron chi connectivity index (χ2n) is 8.46. The first-order valence-corrected chi connectivity index (χ1v) is 11.1. The highest BCUT2D eigenvalue weighted by molar-refractivity contribution is 6.01. The molecule has 1 amide bonds. The van der Waals surface area contributed by atoms with Crippen LogP contribution in [0, 0.1) is 24.4 Å². The lowest BCUT2D eigenvalue weighted by atomic mass is 9.92. The summed E-state index contributed by atoms with van der Waals surface area (Å²) < 4.78 is 42.7. The Kier molecular flexibility index (Phi) is 7.66. The van der Waals surface area contributed by atoms with E-state index in [4.69, 9.17) is 0 Å². The molecule has 0 bridgehead atoms. The van der Waals surface area contributed by atoms with Crippen LogP contribution < -0.4 is 5.32 Å². The van der Waals surface area contributed by atoms with Gasteiger partial charge in [0.15, 0.2) is 11.6 Å². The van der Waals surface area contributed by atoms with Gasteiger partial charge in [0.25, 0.3) is 5.91 Å². The average molecular weight is 466 g/mol. The number of hydrogen-bond donors (Lipinski definition) is 3. The first kappa shape index (κ1) is 25.0. The molecule has 2 aromatic carbocycles. The van der Waals surface area contributed by atoms with Crippen molar-refractivity contribution in [1.29, 1.82) is 0 Å². The topological polar surface area (TPSA) is 76.0 Å². The number of amides is 1. The highest BCUT2D eigenvalue weighted by Crippen LogP contribution is 2.32. The Morgan fingerprint density at radius 3 is 2.45 bits per heavy atom. The van der Waals surface area contributed by atoms with Crippen LogP contribution in [0.4, 0.5) is 24.5 Å². The first-order chi connectivity index (χ1) is 15.6. The van der Waals surface area contributed by atoms with Crippen LogP contribution in [0.15, 0.2) is 30.3 Å². The highest BCUT2D eigenvalue weighted by atomic mass is 19.2. The number of rotatable bonds is 5. The zero-order valence-electron chi connectivity index (χ0n) is 19.0. The van der Waals surface area contributed by atoms with Crippen molar-refractivity contribution < 1.29 is 28.2 Å². The monoisotopic (exact) mass is 465 g/mol. The van der Waals surface area contributed by atoms with Gasteiger partial charge >= 0.3 is 0 Å². The molecule has 0 saturated carbocycles. The molecule has 0 aromatic heterocycles. The number of aryl methyl sites for hydroxylation is 1. The van der Waals surface area contributed by atoms with Gasteiger partial charge in [-0.1, -0.05) is 19.9 Å². The molecule has 180 valence electrons. The van der Waals surface area contributed by atoms with E-state index >= 15 is 0 Å². The standard InChI is InChI=1S/C22H24F3N3O3.C2H6/c1-13-2-5-18(17(24)8-13)26-20-15(3-4-16(23)19(20)25)21(30)28-11-22(31,12-28)10-27-7-6-14(29)9-27;1-2/h2-5,8,14,26,29,31H,6-7,9-12H2,1H3;1-2H3. The van der Waals surface area contributed by atoms with E-state index in [9.17, 15) is 28.2 Å². The number of carbonyl (C=O) groups is 1. The fraction of sp³-hybridized carbons (Fsp3) is 0.458. The molecule has 2 saturated heterocycles. The molecule has 33 heavy (non-hydrogen) atoms. The quantitative estimate of drug-likeness (QED) is 0.631. The van der Waals surface area contributed by atoms with E-state index in [0.29, 0.717) is 31.6 Å². The summed E-state index contributed by atoms with van der Waals surface area (Å²) in [5.74, 6) is -3.71. The molecule has 1 atom stereocenters. The molecule has 2 aromatic rings. The number of benzene rings is 2. The van der Waals surface area contributed by atoms with Crippen LogP contribution in [-0.4, -0.2) is 70.3 Å². The Morgan fingerprint density at radius 2 is 1.85 bits per heavy atom. The molecule has 2 fully saturated rings. The fourth-order valence-electron chi connectivity index (χ4n) is 4.16. The molecular formula is C24H30F3N3O3. The lowest BCUT2D eigenvalue weighted by Gasteiger charge is -2.48. The third kappa shape index (κ3) is 5.48. The Balaban J connectivity index is 0.00000149. The van der Waals surface area contributed by atoms with Crippen LogP contribution in [0.3, 0.4) is 0 Å². The van der Waals surface area contributed by atoms with Gasteiger partial charge in [0, 0.05) is 19.6 Å². The van der Waals surface area contributed by atoms with Crippen LogP contribution in [0.1, 0.15) is 36.2 Å². The van der Waals surface area contributed by atoms with Crippen LogP contribution in [0.2, 0.25) is 0 Å². The predicted molar refractivity (Wildman–Crippen MR) is 120 cm³/mol. The number of aliphatic hydroxyl groups excluding tert-OH is 1. The lowest BCUT2D eigenvalue weighted by Crippen LogP contribution is -2.67.